The number of hydrogen-bond donors (Lipinski definition) is 1. The number of carbonyl (C=O) groups excluding carboxylic acids is 2. The molecule has 0 saturated heterocycles. The molecule has 11 nitrogen and oxygen atoms in total. The molecule has 0 bridgehead atoms. The minimum Gasteiger partial charge on any atom is -0.495 e. The number of halogens is 2. The first kappa shape index (κ1) is 38.2. The smallest absolute Gasteiger partial charge is 0.273 e. The normalized spacial score (nSPS) is 12.4. The highest BCUT2D eigenvalue weighted by atomic mass is 35.5. The van der Waals surface area contributed by atoms with Gasteiger partial charge in [-0.25, -0.2) is 8.42 Å². The van der Waals surface area contributed by atoms with E-state index in [1.807, 2.05) is 44.2 Å². The van der Waals surface area contributed by atoms with Gasteiger partial charge in [0.1, 0.15) is 18.3 Å². The van der Waals surface area contributed by atoms with Crippen molar-refractivity contribution in [1.29, 1.82) is 0 Å². The van der Waals surface area contributed by atoms with E-state index in [9.17, 15) is 28.1 Å². The first-order chi connectivity index (χ1) is 23.7. The molecule has 0 spiro atoms. The maximum Gasteiger partial charge on any atom is 0.273 e. The summed E-state index contributed by atoms with van der Waals surface area (Å²) in [6.07, 6.45) is 0.762. The van der Waals surface area contributed by atoms with E-state index in [4.69, 9.17) is 27.9 Å². The Kier molecular flexibility index (Phi) is 12.9. The van der Waals surface area contributed by atoms with Crippen molar-refractivity contribution < 1.29 is 27.7 Å². The molecule has 14 heteroatoms. The third kappa shape index (κ3) is 9.32. The lowest BCUT2D eigenvalue weighted by molar-refractivity contribution is -0.385. The number of sulfonamides is 1. The molecule has 0 aliphatic heterocycles. The van der Waals surface area contributed by atoms with Crippen LogP contribution in [0.4, 0.5) is 11.4 Å². The van der Waals surface area contributed by atoms with E-state index in [0.29, 0.717) is 17.0 Å². The highest BCUT2D eigenvalue weighted by Crippen LogP contribution is 2.36. The number of aryl methyl sites for hydroxylation is 1. The summed E-state index contributed by atoms with van der Waals surface area (Å²) in [5, 5.41) is 15.4. The second-order valence-corrected chi connectivity index (χ2v) is 14.4. The summed E-state index contributed by atoms with van der Waals surface area (Å²) < 4.78 is 35.2. The first-order valence-electron chi connectivity index (χ1n) is 15.7. The van der Waals surface area contributed by atoms with E-state index in [1.54, 1.807) is 24.3 Å². The van der Waals surface area contributed by atoms with Crippen molar-refractivity contribution in [3.05, 3.63) is 128 Å². The standard InChI is InChI=1S/C36H38Cl2N4O7S/c1-5-25(3)39-36(44)33(19-26-9-7-6-8-10-26)40(22-27-12-14-28(37)15-13-27)35(43)23-41(32-20-29(38)16-18-34(32)49-4)50(47,48)30-17-11-24(2)31(21-30)42(45)46/h6-18,20-21,25,33H,5,19,22-23H2,1-4H3,(H,39,44)/t25-,33-/m0/s1. The third-order valence-electron chi connectivity index (χ3n) is 8.19. The molecule has 0 aliphatic carbocycles. The number of amides is 2. The quantitative estimate of drug-likeness (QED) is 0.103. The minimum atomic E-state index is -4.69. The fourth-order valence-electron chi connectivity index (χ4n) is 5.23. The van der Waals surface area contributed by atoms with Crippen LogP contribution in [0.15, 0.2) is 95.9 Å². The minimum absolute atomic E-state index is 0.0714. The van der Waals surface area contributed by atoms with Gasteiger partial charge < -0.3 is 15.0 Å². The lowest BCUT2D eigenvalue weighted by Gasteiger charge is -2.34. The maximum atomic E-state index is 14.7. The van der Waals surface area contributed by atoms with Crippen molar-refractivity contribution in [2.45, 2.75) is 57.1 Å². The third-order valence-corrected chi connectivity index (χ3v) is 10.4. The topological polar surface area (TPSA) is 139 Å². The van der Waals surface area contributed by atoms with Crippen LogP contribution in [0.1, 0.15) is 37.0 Å². The molecule has 2 atom stereocenters. The maximum absolute atomic E-state index is 14.7. The molecular formula is C36H38Cl2N4O7S. The summed E-state index contributed by atoms with van der Waals surface area (Å²) in [5.41, 5.74) is 1.18. The average molecular weight is 742 g/mol. The van der Waals surface area contributed by atoms with Crippen LogP contribution in [0.25, 0.3) is 0 Å². The van der Waals surface area contributed by atoms with Gasteiger partial charge in [-0.1, -0.05) is 78.7 Å². The number of carbonyl (C=O) groups is 2. The number of ether oxygens (including phenoxy) is 1. The average Bonchev–Trinajstić information content (AvgIpc) is 3.09. The summed E-state index contributed by atoms with van der Waals surface area (Å²) in [6, 6.07) is 22.4. The molecule has 0 heterocycles. The molecule has 264 valence electrons. The van der Waals surface area contributed by atoms with E-state index in [1.165, 1.54) is 49.3 Å². The molecule has 0 aromatic heterocycles. The molecule has 0 aliphatic rings. The van der Waals surface area contributed by atoms with Gasteiger partial charge in [0.25, 0.3) is 15.7 Å². The molecule has 50 heavy (non-hydrogen) atoms. The molecule has 0 radical (unpaired) electrons. The molecule has 4 aromatic rings. The van der Waals surface area contributed by atoms with Crippen LogP contribution in [0.3, 0.4) is 0 Å². The number of nitrogens with zero attached hydrogens (tertiary/aromatic N) is 3. The van der Waals surface area contributed by atoms with E-state index < -0.39 is 49.9 Å². The van der Waals surface area contributed by atoms with Crippen LogP contribution < -0.4 is 14.4 Å². The molecule has 4 aromatic carbocycles. The van der Waals surface area contributed by atoms with Gasteiger partial charge in [0.05, 0.1) is 22.6 Å². The SMILES string of the molecule is CC[C@H](C)NC(=O)[C@H](Cc1ccccc1)N(Cc1ccc(Cl)cc1)C(=O)CN(c1cc(Cl)ccc1OC)S(=O)(=O)c1ccc(C)c([N+](=O)[O-])c1. The Bertz CT molecular complexity index is 1940. The zero-order valence-electron chi connectivity index (χ0n) is 28.0. The van der Waals surface area contributed by atoms with Gasteiger partial charge in [-0.05, 0) is 67.8 Å². The molecule has 4 rings (SSSR count). The Morgan fingerprint density at radius 2 is 1.60 bits per heavy atom. The van der Waals surface area contributed by atoms with Crippen molar-refractivity contribution in [3.8, 4) is 5.75 Å². The predicted octanol–water partition coefficient (Wildman–Crippen LogP) is 6.97. The highest BCUT2D eigenvalue weighted by Gasteiger charge is 2.36. The van der Waals surface area contributed by atoms with Gasteiger partial charge in [0.2, 0.25) is 11.8 Å². The number of methoxy groups -OCH3 is 1. The molecule has 0 saturated carbocycles. The van der Waals surface area contributed by atoms with Gasteiger partial charge in [-0.3, -0.25) is 24.0 Å². The Balaban J connectivity index is 1.89. The van der Waals surface area contributed by atoms with Crippen molar-refractivity contribution in [3.63, 3.8) is 0 Å². The van der Waals surface area contributed by atoms with E-state index in [2.05, 4.69) is 5.32 Å². The summed E-state index contributed by atoms with van der Waals surface area (Å²) in [5.74, 6) is -1.08. The Hall–Kier alpha value is -4.65. The van der Waals surface area contributed by atoms with Gasteiger partial charge >= 0.3 is 0 Å². The molecular weight excluding hydrogens is 703 g/mol. The van der Waals surface area contributed by atoms with Crippen LogP contribution >= 0.6 is 23.2 Å². The Labute approximate surface area is 302 Å². The predicted molar refractivity (Wildman–Crippen MR) is 194 cm³/mol. The molecule has 2 amide bonds. The van der Waals surface area contributed by atoms with Gasteiger partial charge in [0.15, 0.2) is 0 Å². The van der Waals surface area contributed by atoms with E-state index in [-0.39, 0.29) is 41.0 Å². The van der Waals surface area contributed by atoms with Gasteiger partial charge in [0, 0.05) is 40.7 Å². The number of hydrogen-bond acceptors (Lipinski definition) is 7. The molecule has 1 N–H and O–H groups in total. The number of rotatable bonds is 15. The monoisotopic (exact) mass is 740 g/mol. The van der Waals surface area contributed by atoms with E-state index >= 15 is 0 Å². The summed E-state index contributed by atoms with van der Waals surface area (Å²) in [7, 11) is -3.35. The van der Waals surface area contributed by atoms with E-state index in [0.717, 1.165) is 15.9 Å². The van der Waals surface area contributed by atoms with Crippen LogP contribution in [0.5, 0.6) is 5.75 Å². The number of nitro benzene ring substituents is 1. The first-order valence-corrected chi connectivity index (χ1v) is 17.9. The number of nitrogens with one attached hydrogen (secondary N) is 1. The fraction of sp³-hybridized carbons (Fsp3) is 0.278. The molecule has 0 unspecified atom stereocenters. The number of benzene rings is 4. The second-order valence-electron chi connectivity index (χ2n) is 11.7. The van der Waals surface area contributed by atoms with Gasteiger partial charge in [-0.2, -0.15) is 0 Å². The highest BCUT2D eigenvalue weighted by molar-refractivity contribution is 7.92. The zero-order chi connectivity index (χ0) is 36.6. The van der Waals surface area contributed by atoms with Crippen LogP contribution in [-0.2, 0) is 32.6 Å². The van der Waals surface area contributed by atoms with Crippen molar-refractivity contribution >= 4 is 56.4 Å². The summed E-state index contributed by atoms with van der Waals surface area (Å²) in [4.78, 5) is 40.7. The van der Waals surface area contributed by atoms with Crippen molar-refractivity contribution in [2.24, 2.45) is 0 Å². The van der Waals surface area contributed by atoms with Crippen molar-refractivity contribution in [1.82, 2.24) is 10.2 Å². The zero-order valence-corrected chi connectivity index (χ0v) is 30.3. The van der Waals surface area contributed by atoms with Crippen LogP contribution in [-0.4, -0.2) is 55.8 Å². The second kappa shape index (κ2) is 16.8. The lowest BCUT2D eigenvalue weighted by atomic mass is 10.0. The fourth-order valence-corrected chi connectivity index (χ4v) is 6.96. The van der Waals surface area contributed by atoms with Crippen molar-refractivity contribution in [2.75, 3.05) is 18.0 Å². The van der Waals surface area contributed by atoms with Crippen LogP contribution in [0, 0.1) is 17.0 Å². The number of anilines is 1. The summed E-state index contributed by atoms with van der Waals surface area (Å²) in [6.45, 7) is 4.38. The Morgan fingerprint density at radius 3 is 2.22 bits per heavy atom. The van der Waals surface area contributed by atoms with Gasteiger partial charge in [-0.15, -0.1) is 0 Å². The molecule has 0 fully saturated rings. The number of nitro groups is 1. The summed E-state index contributed by atoms with van der Waals surface area (Å²) >= 11 is 12.5. The largest absolute Gasteiger partial charge is 0.495 e. The lowest BCUT2D eigenvalue weighted by Crippen LogP contribution is -2.54. The van der Waals surface area contributed by atoms with Crippen LogP contribution in [0.2, 0.25) is 10.0 Å². The Morgan fingerprint density at radius 1 is 0.940 bits per heavy atom.